The quantitative estimate of drug-likeness (QED) is 0.552. The van der Waals surface area contributed by atoms with Crippen molar-refractivity contribution < 1.29 is 19.1 Å². The van der Waals surface area contributed by atoms with Gasteiger partial charge in [-0.25, -0.2) is 4.79 Å². The summed E-state index contributed by atoms with van der Waals surface area (Å²) in [6.07, 6.45) is 3.75. The van der Waals surface area contributed by atoms with Crippen molar-refractivity contribution in [3.8, 4) is 5.75 Å². The van der Waals surface area contributed by atoms with E-state index in [1.165, 1.54) is 6.08 Å². The summed E-state index contributed by atoms with van der Waals surface area (Å²) in [6.45, 7) is 4.45. The van der Waals surface area contributed by atoms with Gasteiger partial charge in [0.15, 0.2) is 6.61 Å². The van der Waals surface area contributed by atoms with Crippen molar-refractivity contribution in [1.82, 2.24) is 5.32 Å². The van der Waals surface area contributed by atoms with Gasteiger partial charge in [0, 0.05) is 22.7 Å². The third-order valence-electron chi connectivity index (χ3n) is 2.98. The first-order valence-corrected chi connectivity index (χ1v) is 8.16. The minimum absolute atomic E-state index is 0.281. The topological polar surface area (TPSA) is 64.6 Å². The summed E-state index contributed by atoms with van der Waals surface area (Å²) in [5, 5.41) is 2.70. The zero-order valence-corrected chi connectivity index (χ0v) is 15.2. The average Bonchev–Trinajstić information content (AvgIpc) is 2.50. The van der Waals surface area contributed by atoms with Crippen molar-refractivity contribution in [3.05, 3.63) is 34.3 Å². The van der Waals surface area contributed by atoms with Gasteiger partial charge in [-0.3, -0.25) is 4.79 Å². The first-order chi connectivity index (χ1) is 10.9. The Kier molecular flexibility index (Phi) is 8.40. The fraction of sp³-hybridized carbons (Fsp3) is 0.412. The Hall–Kier alpha value is -1.82. The van der Waals surface area contributed by atoms with E-state index in [1.54, 1.807) is 19.3 Å². The highest BCUT2D eigenvalue weighted by atomic mass is 79.9. The fourth-order valence-corrected chi connectivity index (χ4v) is 2.11. The van der Waals surface area contributed by atoms with Crippen LogP contribution in [0.2, 0.25) is 0 Å². The Morgan fingerprint density at radius 2 is 2.09 bits per heavy atom. The zero-order chi connectivity index (χ0) is 17.2. The molecule has 1 amide bonds. The monoisotopic (exact) mass is 383 g/mol. The van der Waals surface area contributed by atoms with Gasteiger partial charge in [-0.2, -0.15) is 0 Å². The van der Waals surface area contributed by atoms with Crippen LogP contribution in [0.25, 0.3) is 6.08 Å². The summed E-state index contributed by atoms with van der Waals surface area (Å²) in [5.41, 5.74) is 0.736. The van der Waals surface area contributed by atoms with Crippen LogP contribution < -0.4 is 10.1 Å². The molecule has 1 aromatic rings. The van der Waals surface area contributed by atoms with E-state index in [4.69, 9.17) is 9.47 Å². The van der Waals surface area contributed by atoms with Gasteiger partial charge in [-0.15, -0.1) is 0 Å². The lowest BCUT2D eigenvalue weighted by Crippen LogP contribution is -2.29. The number of carbonyl (C=O) groups is 2. The molecule has 0 saturated heterocycles. The summed E-state index contributed by atoms with van der Waals surface area (Å²) in [5.74, 6) is 0.281. The molecule has 0 bridgehead atoms. The Morgan fingerprint density at radius 3 is 2.74 bits per heavy atom. The van der Waals surface area contributed by atoms with E-state index in [9.17, 15) is 9.59 Å². The number of hydrogen-bond donors (Lipinski definition) is 1. The molecule has 0 aliphatic rings. The Morgan fingerprint density at radius 1 is 1.35 bits per heavy atom. The maximum Gasteiger partial charge on any atom is 0.331 e. The van der Waals surface area contributed by atoms with E-state index in [0.29, 0.717) is 18.2 Å². The average molecular weight is 384 g/mol. The second-order valence-corrected chi connectivity index (χ2v) is 6.28. The molecule has 0 radical (unpaired) electrons. The van der Waals surface area contributed by atoms with Gasteiger partial charge in [0.05, 0.1) is 7.11 Å². The van der Waals surface area contributed by atoms with Crippen molar-refractivity contribution >= 4 is 33.9 Å². The van der Waals surface area contributed by atoms with Gasteiger partial charge >= 0.3 is 5.97 Å². The van der Waals surface area contributed by atoms with Crippen LogP contribution in [-0.4, -0.2) is 32.1 Å². The number of benzene rings is 1. The van der Waals surface area contributed by atoms with Gasteiger partial charge in [-0.05, 0) is 36.6 Å². The second kappa shape index (κ2) is 10.0. The molecule has 0 fully saturated rings. The summed E-state index contributed by atoms with van der Waals surface area (Å²) >= 11 is 3.36. The van der Waals surface area contributed by atoms with E-state index in [-0.39, 0.29) is 12.5 Å². The van der Waals surface area contributed by atoms with Crippen molar-refractivity contribution in [2.45, 2.75) is 20.3 Å². The lowest BCUT2D eigenvalue weighted by Gasteiger charge is -2.07. The van der Waals surface area contributed by atoms with Gasteiger partial charge in [0.25, 0.3) is 5.91 Å². The number of hydrogen-bond acceptors (Lipinski definition) is 4. The number of rotatable bonds is 8. The molecule has 0 spiro atoms. The van der Waals surface area contributed by atoms with Gasteiger partial charge in [0.1, 0.15) is 5.75 Å². The summed E-state index contributed by atoms with van der Waals surface area (Å²) in [6, 6.07) is 5.45. The molecular weight excluding hydrogens is 362 g/mol. The molecule has 1 rings (SSSR count). The molecule has 0 saturated carbocycles. The van der Waals surface area contributed by atoms with Crippen molar-refractivity contribution in [3.63, 3.8) is 0 Å². The molecule has 1 aromatic carbocycles. The highest BCUT2D eigenvalue weighted by Gasteiger charge is 2.06. The third kappa shape index (κ3) is 7.83. The van der Waals surface area contributed by atoms with Crippen LogP contribution in [0.5, 0.6) is 5.75 Å². The first-order valence-electron chi connectivity index (χ1n) is 7.37. The van der Waals surface area contributed by atoms with E-state index in [0.717, 1.165) is 16.5 Å². The van der Waals surface area contributed by atoms with Crippen LogP contribution in [0.1, 0.15) is 25.8 Å². The molecule has 0 unspecified atom stereocenters. The van der Waals surface area contributed by atoms with E-state index in [1.807, 2.05) is 12.1 Å². The van der Waals surface area contributed by atoms with E-state index < -0.39 is 5.97 Å². The minimum Gasteiger partial charge on any atom is -0.496 e. The van der Waals surface area contributed by atoms with Crippen LogP contribution in [0, 0.1) is 5.92 Å². The van der Waals surface area contributed by atoms with Crippen LogP contribution in [0.4, 0.5) is 0 Å². The van der Waals surface area contributed by atoms with Crippen molar-refractivity contribution in [1.29, 1.82) is 0 Å². The fourth-order valence-electron chi connectivity index (χ4n) is 1.73. The summed E-state index contributed by atoms with van der Waals surface area (Å²) in [4.78, 5) is 23.2. The molecule has 0 aromatic heterocycles. The summed E-state index contributed by atoms with van der Waals surface area (Å²) < 4.78 is 11.0. The normalized spacial score (nSPS) is 10.8. The van der Waals surface area contributed by atoms with Gasteiger partial charge in [-0.1, -0.05) is 29.8 Å². The number of halogens is 1. The maximum absolute atomic E-state index is 11.6. The smallest absolute Gasteiger partial charge is 0.331 e. The largest absolute Gasteiger partial charge is 0.496 e. The predicted octanol–water partition coefficient (Wildman–Crippen LogP) is 3.18. The molecule has 0 atom stereocenters. The van der Waals surface area contributed by atoms with Crippen LogP contribution in [0.15, 0.2) is 28.7 Å². The number of esters is 1. The van der Waals surface area contributed by atoms with Gasteiger partial charge < -0.3 is 14.8 Å². The van der Waals surface area contributed by atoms with Crippen LogP contribution in [0.3, 0.4) is 0 Å². The van der Waals surface area contributed by atoms with E-state index in [2.05, 4.69) is 35.1 Å². The van der Waals surface area contributed by atoms with Crippen molar-refractivity contribution in [2.75, 3.05) is 20.3 Å². The minimum atomic E-state index is -0.578. The standard InChI is InChI=1S/C17H22BrNO4/c1-12(2)8-9-19-16(20)11-23-17(21)7-4-13-10-14(18)5-6-15(13)22-3/h4-7,10,12H,8-9,11H2,1-3H3,(H,19,20)/b7-4+. The van der Waals surface area contributed by atoms with E-state index >= 15 is 0 Å². The Labute approximate surface area is 145 Å². The molecular formula is C17H22BrNO4. The molecule has 5 nitrogen and oxygen atoms in total. The third-order valence-corrected chi connectivity index (χ3v) is 3.47. The molecule has 0 heterocycles. The first kappa shape index (κ1) is 19.2. The lowest BCUT2D eigenvalue weighted by molar-refractivity contribution is -0.143. The van der Waals surface area contributed by atoms with Crippen molar-refractivity contribution in [2.24, 2.45) is 5.92 Å². The molecule has 0 aliphatic carbocycles. The van der Waals surface area contributed by atoms with Crippen LogP contribution >= 0.6 is 15.9 Å². The molecule has 23 heavy (non-hydrogen) atoms. The number of nitrogens with one attached hydrogen (secondary N) is 1. The molecule has 126 valence electrons. The summed E-state index contributed by atoms with van der Waals surface area (Å²) in [7, 11) is 1.56. The second-order valence-electron chi connectivity index (χ2n) is 5.36. The van der Waals surface area contributed by atoms with Crippen LogP contribution in [-0.2, 0) is 14.3 Å². The van der Waals surface area contributed by atoms with Gasteiger partial charge in [0.2, 0.25) is 0 Å². The highest BCUT2D eigenvalue weighted by molar-refractivity contribution is 9.10. The molecule has 0 aliphatic heterocycles. The number of amides is 1. The maximum atomic E-state index is 11.6. The number of methoxy groups -OCH3 is 1. The lowest BCUT2D eigenvalue weighted by atomic mass is 10.1. The highest BCUT2D eigenvalue weighted by Crippen LogP contribution is 2.24. The Bertz CT molecular complexity index is 570. The number of carbonyl (C=O) groups excluding carboxylic acids is 2. The number of ether oxygens (including phenoxy) is 2. The molecule has 6 heteroatoms. The Balaban J connectivity index is 2.44. The predicted molar refractivity (Wildman–Crippen MR) is 93.2 cm³/mol. The SMILES string of the molecule is COc1ccc(Br)cc1/C=C/C(=O)OCC(=O)NCCC(C)C. The zero-order valence-electron chi connectivity index (χ0n) is 13.6. The molecule has 1 N–H and O–H groups in total.